The molecule has 6 rings (SSSR count). The van der Waals surface area contributed by atoms with E-state index in [1.807, 2.05) is 39.0 Å². The summed E-state index contributed by atoms with van der Waals surface area (Å²) in [6.07, 6.45) is 8.61. The number of nitrogens with two attached hydrogens (primary N) is 3. The Kier molecular flexibility index (Phi) is 32.9. The number of carbonyl (C=O) groups is 12. The van der Waals surface area contributed by atoms with Gasteiger partial charge in [-0.3, -0.25) is 62.5 Å². The molecule has 0 aliphatic carbocycles. The average molecular weight is 1480 g/mol. The standard InChI is InChI=1S/C72H108N18O14S/c1-8-71(6,104-33-29-72(7,105)9-2)28-27-59(93)77-30-13-12-18-50(62(96)87-53(34-42(3)4)65(99)85-52(19-14-31-78-70(74)75)69(103)90-32-15-20-57(90)68(102)80-40-58(73)92)84-66(100)54(35-44-21-23-47(91)24-22-44)86-61(95)43(5)82-64(98)55(36-45-38-79-49-17-11-10-16-48(45)49)88-67(101)56(37-46-39-76-41-81-46)89-63(97)51-25-26-60(94)83-51/h10-11,16-17,21-24,38-39,41-43,50-57,79,91,105H,8-9,12-15,18-20,25-37,40H2,1-7H3,(H2,73,92)(H,76,81)(H,77,93)(H,80,102)(H,82,98)(H,83,94)(H,84,100)(H,85,99)(H,86,95)(H,87,96)(H,88,101)(H,89,97)(H4,74,75,78)/t43-,50+,51-,52-,53?,54?,55?,56-,57?,71?,72?/m0/s1. The topological polar surface area (TPSA) is 493 Å². The van der Waals surface area contributed by atoms with E-state index in [0.29, 0.717) is 49.1 Å². The van der Waals surface area contributed by atoms with Crippen molar-refractivity contribution in [2.24, 2.45) is 28.1 Å². The van der Waals surface area contributed by atoms with Gasteiger partial charge in [0, 0.05) is 92.1 Å². The lowest BCUT2D eigenvalue weighted by Gasteiger charge is -2.31. The predicted molar refractivity (Wildman–Crippen MR) is 396 cm³/mol. The number of unbranched alkanes of at least 4 members (excludes halogenated alkanes) is 1. The van der Waals surface area contributed by atoms with Gasteiger partial charge in [-0.1, -0.05) is 65.0 Å². The summed E-state index contributed by atoms with van der Waals surface area (Å²) in [5.41, 5.74) is 18.2. The first-order chi connectivity index (χ1) is 49.9. The van der Waals surface area contributed by atoms with Gasteiger partial charge in [0.05, 0.1) is 18.5 Å². The van der Waals surface area contributed by atoms with Gasteiger partial charge in [0.1, 0.15) is 60.1 Å². The maximum Gasteiger partial charge on any atom is 0.245 e. The van der Waals surface area contributed by atoms with Crippen LogP contribution in [0.15, 0.2) is 72.2 Å². The second-order valence-electron chi connectivity index (χ2n) is 28.0. The third kappa shape index (κ3) is 27.6. The zero-order valence-electron chi connectivity index (χ0n) is 61.2. The number of ether oxygens (including phenoxy) is 1. The van der Waals surface area contributed by atoms with Gasteiger partial charge in [0.2, 0.25) is 70.9 Å². The zero-order valence-corrected chi connectivity index (χ0v) is 62.1. The Hall–Kier alpha value is -9.79. The molecule has 12 amide bonds. The molecule has 105 heavy (non-hydrogen) atoms. The number of aromatic amines is 2. The maximum absolute atomic E-state index is 15.1. The van der Waals surface area contributed by atoms with E-state index in [-0.39, 0.29) is 131 Å². The molecule has 2 aliphatic rings. The summed E-state index contributed by atoms with van der Waals surface area (Å²) in [6, 6.07) is 1.49. The van der Waals surface area contributed by atoms with Gasteiger partial charge in [-0.2, -0.15) is 12.6 Å². The van der Waals surface area contributed by atoms with Crippen molar-refractivity contribution >= 4 is 100 Å². The van der Waals surface area contributed by atoms with E-state index in [1.165, 1.54) is 48.6 Å². The van der Waals surface area contributed by atoms with Crippen molar-refractivity contribution in [3.05, 3.63) is 84.1 Å². The van der Waals surface area contributed by atoms with Crippen molar-refractivity contribution in [2.75, 3.05) is 32.8 Å². The van der Waals surface area contributed by atoms with Crippen LogP contribution in [0.1, 0.15) is 162 Å². The van der Waals surface area contributed by atoms with Crippen molar-refractivity contribution in [1.82, 2.24) is 73.0 Å². The number of imidazole rings is 1. The minimum Gasteiger partial charge on any atom is -0.508 e. The molecular formula is C72H108N18O14S. The number of likely N-dealkylation sites (tertiary alicyclic amines) is 1. The number of rotatable bonds is 44. The summed E-state index contributed by atoms with van der Waals surface area (Å²) in [6.45, 7) is 13.5. The van der Waals surface area contributed by atoms with Crippen LogP contribution in [0.25, 0.3) is 10.9 Å². The van der Waals surface area contributed by atoms with Gasteiger partial charge in [-0.05, 0) is 133 Å². The van der Waals surface area contributed by atoms with Crippen LogP contribution in [0.4, 0.5) is 0 Å². The fourth-order valence-electron chi connectivity index (χ4n) is 12.2. The van der Waals surface area contributed by atoms with Crippen molar-refractivity contribution in [3.8, 4) is 5.75 Å². The van der Waals surface area contributed by atoms with Crippen LogP contribution in [-0.2, 0) is 81.5 Å². The highest BCUT2D eigenvalue weighted by molar-refractivity contribution is 7.81. The van der Waals surface area contributed by atoms with E-state index in [4.69, 9.17) is 34.6 Å². The summed E-state index contributed by atoms with van der Waals surface area (Å²) >= 11 is 4.73. The first kappa shape index (κ1) is 84.2. The number of amides is 12. The third-order valence-electron chi connectivity index (χ3n) is 18.9. The van der Waals surface area contributed by atoms with E-state index in [0.717, 1.165) is 23.7 Å². The van der Waals surface area contributed by atoms with Gasteiger partial charge >= 0.3 is 0 Å². The van der Waals surface area contributed by atoms with E-state index < -0.39 is 126 Å². The number of para-hydroxylation sites is 1. The number of H-pyrrole nitrogens is 2. The van der Waals surface area contributed by atoms with Crippen molar-refractivity contribution in [2.45, 2.75) is 229 Å². The Morgan fingerprint density at radius 3 is 2.01 bits per heavy atom. The summed E-state index contributed by atoms with van der Waals surface area (Å²) < 4.78 is 6.09. The van der Waals surface area contributed by atoms with Crippen LogP contribution >= 0.6 is 12.6 Å². The number of aromatic hydroxyl groups is 1. The van der Waals surface area contributed by atoms with Gasteiger partial charge in [-0.25, -0.2) is 4.98 Å². The van der Waals surface area contributed by atoms with Crippen molar-refractivity contribution in [1.29, 1.82) is 0 Å². The molecule has 2 aromatic carbocycles. The Morgan fingerprint density at radius 2 is 1.35 bits per heavy atom. The number of benzene rings is 2. The molecule has 4 heterocycles. The van der Waals surface area contributed by atoms with E-state index >= 15 is 9.59 Å². The van der Waals surface area contributed by atoms with E-state index in [9.17, 15) is 53.1 Å². The number of guanidine groups is 1. The molecule has 32 nitrogen and oxygen atoms in total. The molecule has 0 spiro atoms. The van der Waals surface area contributed by atoms with Crippen molar-refractivity contribution < 1.29 is 67.4 Å². The van der Waals surface area contributed by atoms with Gasteiger partial charge in [-0.15, -0.1) is 0 Å². The largest absolute Gasteiger partial charge is 0.508 e. The highest BCUT2D eigenvalue weighted by Crippen LogP contribution is 2.28. The Balaban J connectivity index is 1.26. The highest BCUT2D eigenvalue weighted by Gasteiger charge is 2.40. The number of nitrogens with one attached hydrogen (secondary N) is 12. The number of aliphatic imine (C=N–C) groups is 1. The predicted octanol–water partition coefficient (Wildman–Crippen LogP) is 0.749. The molecule has 2 aliphatic heterocycles. The molecule has 33 heteroatoms. The fourth-order valence-corrected chi connectivity index (χ4v) is 12.3. The lowest BCUT2D eigenvalue weighted by atomic mass is 9.96. The number of phenolic OH excluding ortho intramolecular Hbond substituents is 1. The first-order valence-electron chi connectivity index (χ1n) is 36.1. The molecule has 11 atom stereocenters. The van der Waals surface area contributed by atoms with Crippen LogP contribution in [0.5, 0.6) is 5.75 Å². The molecule has 0 radical (unpaired) electrons. The number of hydrogen-bond acceptors (Lipinski definition) is 17. The fraction of sp³-hybridized carbons (Fsp3) is 0.583. The maximum atomic E-state index is 15.1. The second-order valence-corrected chi connectivity index (χ2v) is 29.1. The summed E-state index contributed by atoms with van der Waals surface area (Å²) in [5, 5.41) is 38.3. The second kappa shape index (κ2) is 41.0. The van der Waals surface area contributed by atoms with Crippen LogP contribution in [0.3, 0.4) is 0 Å². The zero-order chi connectivity index (χ0) is 77.0. The number of nitrogens with zero attached hydrogens (tertiary/aromatic N) is 3. The summed E-state index contributed by atoms with van der Waals surface area (Å²) in [5.74, 6) is -8.76. The van der Waals surface area contributed by atoms with Gasteiger partial charge in [0.15, 0.2) is 5.96 Å². The lowest BCUT2D eigenvalue weighted by molar-refractivity contribution is -0.142. The van der Waals surface area contributed by atoms with Crippen LogP contribution < -0.4 is 70.4 Å². The molecule has 2 aromatic heterocycles. The number of hydrogen-bond donors (Lipinski definition) is 17. The molecule has 2 saturated heterocycles. The minimum atomic E-state index is -1.51. The molecule has 2 fully saturated rings. The molecule has 0 bridgehead atoms. The lowest BCUT2D eigenvalue weighted by Crippen LogP contribution is -2.60. The van der Waals surface area contributed by atoms with Crippen molar-refractivity contribution in [3.63, 3.8) is 0 Å². The monoisotopic (exact) mass is 1480 g/mol. The Bertz CT molecular complexity index is 3640. The van der Waals surface area contributed by atoms with Crippen LogP contribution in [-0.4, -0.2) is 199 Å². The van der Waals surface area contributed by atoms with Gasteiger partial charge < -0.3 is 95.1 Å². The van der Waals surface area contributed by atoms with E-state index in [1.54, 1.807) is 26.1 Å². The number of thiol groups is 1. The first-order valence-corrected chi connectivity index (χ1v) is 36.6. The van der Waals surface area contributed by atoms with E-state index in [2.05, 4.69) is 80.0 Å². The number of aromatic nitrogens is 3. The Labute approximate surface area is 617 Å². The number of phenols is 1. The minimum absolute atomic E-state index is 0.0109. The quantitative estimate of drug-likeness (QED) is 0.0126. The third-order valence-corrected chi connectivity index (χ3v) is 19.5. The smallest absolute Gasteiger partial charge is 0.245 e. The molecule has 576 valence electrons. The molecule has 4 aromatic rings. The van der Waals surface area contributed by atoms with Gasteiger partial charge in [0.25, 0.3) is 0 Å². The van der Waals surface area contributed by atoms with Crippen LogP contribution in [0, 0.1) is 5.92 Å². The molecule has 0 saturated carbocycles. The molecule has 19 N–H and O–H groups in total. The number of fused-ring (bicyclic) bond motifs is 1. The molecule has 6 unspecified atom stereocenters. The number of primary amides is 1. The Morgan fingerprint density at radius 1 is 0.714 bits per heavy atom. The summed E-state index contributed by atoms with van der Waals surface area (Å²) in [7, 11) is 0. The SMILES string of the molecule is CCC(C)(S)CCOC(C)(CC)CCC(=O)NCCCC[C@@H](NC(=O)C(Cc1ccc(O)cc1)NC(=O)[C@H](C)NC(=O)C(Cc1c[nH]c2ccccc12)NC(=O)[C@H](Cc1cnc[nH]1)NC(=O)[C@@H]1CCC(=O)N1)C(=O)NC(CC(C)C)C(=O)N[C@@H](CCCN=C(N)N)C(=O)N1CCCC1C(=O)NCC(N)=O. The normalized spacial score (nSPS) is 17.3. The molecular weight excluding hydrogens is 1370 g/mol. The van der Waals surface area contributed by atoms with Crippen LogP contribution in [0.2, 0.25) is 0 Å². The number of carbonyl (C=O) groups excluding carboxylic acids is 12. The summed E-state index contributed by atoms with van der Waals surface area (Å²) in [4.78, 5) is 183. The highest BCUT2D eigenvalue weighted by atomic mass is 32.1. The average Bonchev–Trinajstić information content (AvgIpc) is 1.70.